The number of benzene rings is 2. The molecule has 3 aliphatic heterocycles. The largest absolute Gasteiger partial charge is 0.454 e. The first kappa shape index (κ1) is 18.6. The number of amides is 2. The van der Waals surface area contributed by atoms with Crippen molar-refractivity contribution in [2.24, 2.45) is 5.92 Å². The lowest BCUT2D eigenvalue weighted by molar-refractivity contribution is -0.121. The number of likely N-dealkylation sites (tertiary alicyclic amines) is 1. The van der Waals surface area contributed by atoms with Crippen LogP contribution in [-0.4, -0.2) is 49.0 Å². The molecule has 3 aliphatic rings. The van der Waals surface area contributed by atoms with Crippen LogP contribution >= 0.6 is 0 Å². The van der Waals surface area contributed by atoms with Crippen molar-refractivity contribution in [3.8, 4) is 11.5 Å². The fourth-order valence-corrected chi connectivity index (χ4v) is 4.14. The summed E-state index contributed by atoms with van der Waals surface area (Å²) in [6, 6.07) is 12.4. The molecule has 154 valence electrons. The predicted octanol–water partition coefficient (Wildman–Crippen LogP) is 2.25. The lowest BCUT2D eigenvalue weighted by Crippen LogP contribution is -2.45. The SMILES string of the molecule is O=C1C(=O)N(CN2CCC(C(=O)Nc3ccc4c(c3)OCO4)CC2)c2ccccc21. The smallest absolute Gasteiger partial charge is 0.300 e. The van der Waals surface area contributed by atoms with Crippen LogP contribution in [0.1, 0.15) is 23.2 Å². The van der Waals surface area contributed by atoms with Crippen LogP contribution in [0.4, 0.5) is 11.4 Å². The van der Waals surface area contributed by atoms with E-state index in [4.69, 9.17) is 9.47 Å². The lowest BCUT2D eigenvalue weighted by atomic mass is 9.96. The molecule has 0 saturated carbocycles. The van der Waals surface area contributed by atoms with Gasteiger partial charge in [-0.15, -0.1) is 0 Å². The summed E-state index contributed by atoms with van der Waals surface area (Å²) in [4.78, 5) is 40.8. The molecule has 0 aliphatic carbocycles. The number of carbonyl (C=O) groups excluding carboxylic acids is 3. The molecule has 2 aromatic carbocycles. The van der Waals surface area contributed by atoms with E-state index >= 15 is 0 Å². The fraction of sp³-hybridized carbons (Fsp3) is 0.318. The second-order valence-electron chi connectivity index (χ2n) is 7.67. The summed E-state index contributed by atoms with van der Waals surface area (Å²) in [6.07, 6.45) is 1.38. The van der Waals surface area contributed by atoms with Gasteiger partial charge in [-0.3, -0.25) is 24.2 Å². The Hall–Kier alpha value is -3.39. The number of nitrogens with zero attached hydrogens (tertiary/aromatic N) is 2. The van der Waals surface area contributed by atoms with Crippen LogP contribution in [0.25, 0.3) is 0 Å². The summed E-state index contributed by atoms with van der Waals surface area (Å²) >= 11 is 0. The maximum Gasteiger partial charge on any atom is 0.300 e. The molecule has 0 spiro atoms. The van der Waals surface area contributed by atoms with Gasteiger partial charge >= 0.3 is 5.91 Å². The molecular formula is C22H21N3O5. The van der Waals surface area contributed by atoms with Gasteiger partial charge in [0.25, 0.3) is 5.78 Å². The van der Waals surface area contributed by atoms with Gasteiger partial charge in [0.05, 0.1) is 17.9 Å². The number of carbonyl (C=O) groups is 3. The van der Waals surface area contributed by atoms with E-state index in [9.17, 15) is 14.4 Å². The molecule has 0 atom stereocenters. The van der Waals surface area contributed by atoms with Crippen LogP contribution in [-0.2, 0) is 9.59 Å². The number of anilines is 2. The number of hydrogen-bond acceptors (Lipinski definition) is 6. The summed E-state index contributed by atoms with van der Waals surface area (Å²) in [7, 11) is 0. The summed E-state index contributed by atoms with van der Waals surface area (Å²) in [5.74, 6) is 0.245. The molecule has 0 unspecified atom stereocenters. The van der Waals surface area contributed by atoms with Crippen molar-refractivity contribution in [2.75, 3.05) is 36.8 Å². The van der Waals surface area contributed by atoms with Crippen LogP contribution in [0.5, 0.6) is 11.5 Å². The van der Waals surface area contributed by atoms with E-state index in [1.54, 1.807) is 36.4 Å². The zero-order valence-corrected chi connectivity index (χ0v) is 16.3. The summed E-state index contributed by atoms with van der Waals surface area (Å²) < 4.78 is 10.6. The van der Waals surface area contributed by atoms with Crippen molar-refractivity contribution in [3.05, 3.63) is 48.0 Å². The Balaban J connectivity index is 1.17. The highest BCUT2D eigenvalue weighted by Gasteiger charge is 2.37. The van der Waals surface area contributed by atoms with E-state index in [0.29, 0.717) is 61.0 Å². The Kier molecular flexibility index (Phi) is 4.63. The highest BCUT2D eigenvalue weighted by molar-refractivity contribution is 6.52. The molecule has 1 N–H and O–H groups in total. The van der Waals surface area contributed by atoms with Crippen molar-refractivity contribution in [1.82, 2.24) is 4.90 Å². The number of Topliss-reactive ketones (excluding diaryl/α,β-unsaturated/α-hetero) is 1. The first-order chi connectivity index (χ1) is 14.6. The van der Waals surface area contributed by atoms with Crippen molar-refractivity contribution >= 4 is 29.0 Å². The van der Waals surface area contributed by atoms with Gasteiger partial charge in [-0.05, 0) is 37.1 Å². The van der Waals surface area contributed by atoms with Crippen molar-refractivity contribution in [1.29, 1.82) is 0 Å². The van der Waals surface area contributed by atoms with Crippen LogP contribution in [0.15, 0.2) is 42.5 Å². The van der Waals surface area contributed by atoms with Gasteiger partial charge in [0.2, 0.25) is 12.7 Å². The fourth-order valence-electron chi connectivity index (χ4n) is 4.14. The number of nitrogens with one attached hydrogen (secondary N) is 1. The van der Waals surface area contributed by atoms with Crippen LogP contribution < -0.4 is 19.7 Å². The van der Waals surface area contributed by atoms with E-state index in [2.05, 4.69) is 10.2 Å². The molecule has 5 rings (SSSR count). The average Bonchev–Trinajstić information content (AvgIpc) is 3.33. The minimum atomic E-state index is -0.487. The molecule has 30 heavy (non-hydrogen) atoms. The molecule has 1 fully saturated rings. The number of rotatable bonds is 4. The monoisotopic (exact) mass is 407 g/mol. The molecule has 1 saturated heterocycles. The predicted molar refractivity (Wildman–Crippen MR) is 109 cm³/mol. The maximum absolute atomic E-state index is 12.7. The number of ketones is 1. The molecule has 8 nitrogen and oxygen atoms in total. The standard InChI is InChI=1S/C22H21N3O5/c26-20-16-3-1-2-4-17(16)25(22(20)28)12-24-9-7-14(8-10-24)21(27)23-15-5-6-18-19(11-15)30-13-29-18/h1-6,11,14H,7-10,12-13H2,(H,23,27). The second kappa shape index (κ2) is 7.46. The molecule has 0 bridgehead atoms. The minimum Gasteiger partial charge on any atom is -0.454 e. The van der Waals surface area contributed by atoms with Gasteiger partial charge in [-0.2, -0.15) is 0 Å². The molecule has 0 aromatic heterocycles. The van der Waals surface area contributed by atoms with Gasteiger partial charge < -0.3 is 14.8 Å². The zero-order valence-electron chi connectivity index (χ0n) is 16.3. The number of piperidine rings is 1. The quantitative estimate of drug-likeness (QED) is 0.783. The Morgan fingerprint density at radius 2 is 1.80 bits per heavy atom. The van der Waals surface area contributed by atoms with Crippen LogP contribution in [0.2, 0.25) is 0 Å². The molecule has 2 aromatic rings. The van der Waals surface area contributed by atoms with E-state index in [1.807, 2.05) is 6.07 Å². The average molecular weight is 407 g/mol. The summed E-state index contributed by atoms with van der Waals surface area (Å²) in [5.41, 5.74) is 1.81. The lowest BCUT2D eigenvalue weighted by Gasteiger charge is -2.33. The van der Waals surface area contributed by atoms with Crippen LogP contribution in [0, 0.1) is 5.92 Å². The molecule has 8 heteroatoms. The van der Waals surface area contributed by atoms with E-state index < -0.39 is 11.7 Å². The van der Waals surface area contributed by atoms with Gasteiger partial charge in [0.15, 0.2) is 11.5 Å². The van der Waals surface area contributed by atoms with E-state index in [-0.39, 0.29) is 18.6 Å². The maximum atomic E-state index is 12.7. The third-order valence-electron chi connectivity index (χ3n) is 5.82. The van der Waals surface area contributed by atoms with Gasteiger partial charge in [-0.25, -0.2) is 0 Å². The van der Waals surface area contributed by atoms with Crippen molar-refractivity contribution in [3.63, 3.8) is 0 Å². The third kappa shape index (κ3) is 3.29. The summed E-state index contributed by atoms with van der Waals surface area (Å²) in [6.45, 7) is 1.91. The van der Waals surface area contributed by atoms with Crippen LogP contribution in [0.3, 0.4) is 0 Å². The number of ether oxygens (including phenoxy) is 2. The molecular weight excluding hydrogens is 386 g/mol. The second-order valence-corrected chi connectivity index (χ2v) is 7.67. The summed E-state index contributed by atoms with van der Waals surface area (Å²) in [5, 5.41) is 2.95. The van der Waals surface area contributed by atoms with Gasteiger partial charge in [-0.1, -0.05) is 12.1 Å². The zero-order chi connectivity index (χ0) is 20.7. The normalized spacial score (nSPS) is 18.6. The topological polar surface area (TPSA) is 88.2 Å². The first-order valence-corrected chi connectivity index (χ1v) is 9.98. The number of para-hydroxylation sites is 1. The number of fused-ring (bicyclic) bond motifs is 2. The first-order valence-electron chi connectivity index (χ1n) is 9.98. The Morgan fingerprint density at radius 3 is 2.63 bits per heavy atom. The Morgan fingerprint density at radius 1 is 1.03 bits per heavy atom. The van der Waals surface area contributed by atoms with Gasteiger partial charge in [0, 0.05) is 30.8 Å². The Bertz CT molecular complexity index is 1030. The van der Waals surface area contributed by atoms with Gasteiger partial charge in [0.1, 0.15) is 0 Å². The molecule has 0 radical (unpaired) electrons. The highest BCUT2D eigenvalue weighted by Crippen LogP contribution is 2.34. The van der Waals surface area contributed by atoms with E-state index in [0.717, 1.165) is 0 Å². The van der Waals surface area contributed by atoms with E-state index in [1.165, 1.54) is 4.90 Å². The minimum absolute atomic E-state index is 0.0220. The highest BCUT2D eigenvalue weighted by atomic mass is 16.7. The third-order valence-corrected chi connectivity index (χ3v) is 5.82. The number of hydrogen-bond donors (Lipinski definition) is 1. The Labute approximate surface area is 173 Å². The van der Waals surface area contributed by atoms with Crippen molar-refractivity contribution in [2.45, 2.75) is 12.8 Å². The molecule has 3 heterocycles. The van der Waals surface area contributed by atoms with Crippen molar-refractivity contribution < 1.29 is 23.9 Å². The molecule has 2 amide bonds.